The Morgan fingerprint density at radius 1 is 1.37 bits per heavy atom. The fourth-order valence-corrected chi connectivity index (χ4v) is 1.68. The molecule has 0 aliphatic rings. The topological polar surface area (TPSA) is 53.9 Å². The first-order chi connectivity index (χ1) is 8.96. The number of hydrogen-bond acceptors (Lipinski definition) is 3. The second kappa shape index (κ2) is 5.48. The van der Waals surface area contributed by atoms with E-state index in [-0.39, 0.29) is 6.54 Å². The lowest BCUT2D eigenvalue weighted by Crippen LogP contribution is -2.21. The number of halogens is 3. The molecule has 0 bridgehead atoms. The van der Waals surface area contributed by atoms with E-state index in [0.717, 1.165) is 11.3 Å². The van der Waals surface area contributed by atoms with Crippen molar-refractivity contribution in [2.75, 3.05) is 6.54 Å². The summed E-state index contributed by atoms with van der Waals surface area (Å²) in [7, 11) is 0. The molecule has 2 N–H and O–H groups in total. The van der Waals surface area contributed by atoms with Gasteiger partial charge in [0.2, 0.25) is 0 Å². The molecule has 19 heavy (non-hydrogen) atoms. The number of furan rings is 1. The minimum atomic E-state index is -4.13. The van der Waals surface area contributed by atoms with Crippen molar-refractivity contribution in [1.82, 2.24) is 15.5 Å². The number of rotatable bonds is 5. The van der Waals surface area contributed by atoms with E-state index in [4.69, 9.17) is 4.42 Å². The van der Waals surface area contributed by atoms with Gasteiger partial charge in [0.1, 0.15) is 11.5 Å². The third-order valence-electron chi connectivity index (χ3n) is 2.61. The molecule has 0 fully saturated rings. The highest BCUT2D eigenvalue weighted by Crippen LogP contribution is 2.23. The van der Waals surface area contributed by atoms with Gasteiger partial charge in [0.25, 0.3) is 0 Å². The molecule has 0 unspecified atom stereocenters. The van der Waals surface area contributed by atoms with Crippen LogP contribution in [-0.2, 0) is 6.54 Å². The van der Waals surface area contributed by atoms with Crippen molar-refractivity contribution in [2.45, 2.75) is 26.1 Å². The highest BCUT2D eigenvalue weighted by atomic mass is 19.4. The van der Waals surface area contributed by atoms with Gasteiger partial charge in [-0.2, -0.15) is 18.3 Å². The van der Waals surface area contributed by atoms with E-state index in [1.807, 2.05) is 13.0 Å². The summed E-state index contributed by atoms with van der Waals surface area (Å²) in [6, 6.07) is 3.61. The predicted octanol–water partition coefficient (Wildman–Crippen LogP) is 3.02. The SMILES string of the molecule is Cc1ccc(-c2[nH]ncc2CNCCC(F)(F)F)o1. The molecule has 0 aromatic carbocycles. The van der Waals surface area contributed by atoms with Crippen molar-refractivity contribution in [3.8, 4) is 11.5 Å². The van der Waals surface area contributed by atoms with Gasteiger partial charge in [0, 0.05) is 18.7 Å². The fourth-order valence-electron chi connectivity index (χ4n) is 1.68. The number of aromatic amines is 1. The van der Waals surface area contributed by atoms with Crippen LogP contribution >= 0.6 is 0 Å². The molecule has 0 radical (unpaired) electrons. The molecule has 0 aliphatic heterocycles. The Balaban J connectivity index is 1.93. The van der Waals surface area contributed by atoms with Gasteiger partial charge in [-0.3, -0.25) is 5.10 Å². The van der Waals surface area contributed by atoms with Crippen LogP contribution < -0.4 is 5.32 Å². The number of alkyl halides is 3. The molecule has 104 valence electrons. The van der Waals surface area contributed by atoms with Crippen molar-refractivity contribution in [3.05, 3.63) is 29.7 Å². The molecule has 2 rings (SSSR count). The maximum absolute atomic E-state index is 12.0. The zero-order chi connectivity index (χ0) is 13.9. The van der Waals surface area contributed by atoms with E-state index in [0.29, 0.717) is 18.0 Å². The van der Waals surface area contributed by atoms with Crippen LogP contribution in [0.1, 0.15) is 17.7 Å². The number of H-pyrrole nitrogens is 1. The molecule has 2 aromatic rings. The summed E-state index contributed by atoms with van der Waals surface area (Å²) in [6.45, 7) is 2.01. The number of aryl methyl sites for hydroxylation is 1. The second-order valence-electron chi connectivity index (χ2n) is 4.22. The molecule has 4 nitrogen and oxygen atoms in total. The lowest BCUT2D eigenvalue weighted by Gasteiger charge is -2.07. The Bertz CT molecular complexity index is 530. The molecule has 0 spiro atoms. The fraction of sp³-hybridized carbons (Fsp3) is 0.417. The van der Waals surface area contributed by atoms with Gasteiger partial charge in [-0.1, -0.05) is 0 Å². The lowest BCUT2D eigenvalue weighted by molar-refractivity contribution is -0.133. The highest BCUT2D eigenvalue weighted by molar-refractivity contribution is 5.56. The molecule has 0 saturated carbocycles. The summed E-state index contributed by atoms with van der Waals surface area (Å²) in [6.07, 6.45) is -3.40. The summed E-state index contributed by atoms with van der Waals surface area (Å²) in [4.78, 5) is 0. The van der Waals surface area contributed by atoms with Crippen LogP contribution in [0.15, 0.2) is 22.7 Å². The van der Waals surface area contributed by atoms with E-state index in [9.17, 15) is 13.2 Å². The lowest BCUT2D eigenvalue weighted by atomic mass is 10.2. The minimum Gasteiger partial charge on any atom is -0.460 e. The van der Waals surface area contributed by atoms with E-state index >= 15 is 0 Å². The summed E-state index contributed by atoms with van der Waals surface area (Å²) >= 11 is 0. The molecular weight excluding hydrogens is 259 g/mol. The van der Waals surface area contributed by atoms with Crippen LogP contribution in [-0.4, -0.2) is 22.9 Å². The average Bonchev–Trinajstić information content (AvgIpc) is 2.91. The third-order valence-corrected chi connectivity index (χ3v) is 2.61. The van der Waals surface area contributed by atoms with Gasteiger partial charge in [-0.25, -0.2) is 0 Å². The second-order valence-corrected chi connectivity index (χ2v) is 4.22. The van der Waals surface area contributed by atoms with Gasteiger partial charge in [0.15, 0.2) is 5.76 Å². The van der Waals surface area contributed by atoms with Gasteiger partial charge in [-0.05, 0) is 19.1 Å². The van der Waals surface area contributed by atoms with E-state index in [1.165, 1.54) is 0 Å². The minimum absolute atomic E-state index is 0.120. The largest absolute Gasteiger partial charge is 0.460 e. The van der Waals surface area contributed by atoms with Gasteiger partial charge < -0.3 is 9.73 Å². The summed E-state index contributed by atoms with van der Waals surface area (Å²) < 4.78 is 41.4. The van der Waals surface area contributed by atoms with Crippen LogP contribution in [0.4, 0.5) is 13.2 Å². The highest BCUT2D eigenvalue weighted by Gasteiger charge is 2.26. The van der Waals surface area contributed by atoms with Gasteiger partial charge >= 0.3 is 6.18 Å². The molecule has 0 saturated heterocycles. The number of aromatic nitrogens is 2. The number of hydrogen-bond donors (Lipinski definition) is 2. The predicted molar refractivity (Wildman–Crippen MR) is 63.4 cm³/mol. The molecule has 0 amide bonds. The maximum atomic E-state index is 12.0. The molecule has 0 aliphatic carbocycles. The van der Waals surface area contributed by atoms with Crippen molar-refractivity contribution >= 4 is 0 Å². The van der Waals surface area contributed by atoms with Gasteiger partial charge in [0.05, 0.1) is 12.6 Å². The molecule has 0 atom stereocenters. The molecule has 2 aromatic heterocycles. The third kappa shape index (κ3) is 3.85. The van der Waals surface area contributed by atoms with E-state index in [1.54, 1.807) is 12.3 Å². The van der Waals surface area contributed by atoms with Crippen LogP contribution in [0.3, 0.4) is 0 Å². The Morgan fingerprint density at radius 3 is 2.79 bits per heavy atom. The van der Waals surface area contributed by atoms with Crippen molar-refractivity contribution in [2.24, 2.45) is 0 Å². The van der Waals surface area contributed by atoms with E-state index < -0.39 is 12.6 Å². The van der Waals surface area contributed by atoms with Crippen LogP contribution in [0.5, 0.6) is 0 Å². The van der Waals surface area contributed by atoms with Crippen LogP contribution in [0, 0.1) is 6.92 Å². The number of nitrogens with zero attached hydrogens (tertiary/aromatic N) is 1. The Hall–Kier alpha value is -1.76. The zero-order valence-electron chi connectivity index (χ0n) is 10.3. The van der Waals surface area contributed by atoms with Gasteiger partial charge in [-0.15, -0.1) is 0 Å². The smallest absolute Gasteiger partial charge is 0.390 e. The Morgan fingerprint density at radius 2 is 2.16 bits per heavy atom. The first-order valence-electron chi connectivity index (χ1n) is 5.82. The van der Waals surface area contributed by atoms with Crippen LogP contribution in [0.25, 0.3) is 11.5 Å². The normalized spacial score (nSPS) is 12.0. The number of nitrogens with one attached hydrogen (secondary N) is 2. The zero-order valence-corrected chi connectivity index (χ0v) is 10.3. The molecular formula is C12H14F3N3O. The summed E-state index contributed by atoms with van der Waals surface area (Å²) in [5, 5.41) is 9.41. The average molecular weight is 273 g/mol. The van der Waals surface area contributed by atoms with Crippen molar-refractivity contribution in [1.29, 1.82) is 0 Å². The Kier molecular flexibility index (Phi) is 3.94. The monoisotopic (exact) mass is 273 g/mol. The van der Waals surface area contributed by atoms with E-state index in [2.05, 4.69) is 15.5 Å². The van der Waals surface area contributed by atoms with Crippen molar-refractivity contribution < 1.29 is 17.6 Å². The quantitative estimate of drug-likeness (QED) is 0.823. The summed E-state index contributed by atoms with van der Waals surface area (Å²) in [5.41, 5.74) is 1.46. The maximum Gasteiger partial charge on any atom is 0.390 e. The molecule has 7 heteroatoms. The summed E-state index contributed by atoms with van der Waals surface area (Å²) in [5.74, 6) is 1.39. The van der Waals surface area contributed by atoms with Crippen LogP contribution in [0.2, 0.25) is 0 Å². The Labute approximate surface area is 108 Å². The van der Waals surface area contributed by atoms with Crippen molar-refractivity contribution in [3.63, 3.8) is 0 Å². The first kappa shape index (κ1) is 13.7. The standard InChI is InChI=1S/C12H14F3N3O/c1-8-2-3-10(19-8)11-9(7-17-18-11)6-16-5-4-12(13,14)15/h2-3,7,16H,4-6H2,1H3,(H,17,18). The first-order valence-corrected chi connectivity index (χ1v) is 5.82. The molecule has 2 heterocycles.